The predicted molar refractivity (Wildman–Crippen MR) is 69.7 cm³/mol. The van der Waals surface area contributed by atoms with Crippen LogP contribution in [-0.4, -0.2) is 6.10 Å². The van der Waals surface area contributed by atoms with E-state index in [4.69, 9.17) is 4.74 Å². The van der Waals surface area contributed by atoms with Crippen molar-refractivity contribution in [1.29, 1.82) is 0 Å². The van der Waals surface area contributed by atoms with E-state index in [1.54, 1.807) is 0 Å². The van der Waals surface area contributed by atoms with Crippen LogP contribution in [0.4, 0.5) is 0 Å². The molecule has 0 unspecified atom stereocenters. The van der Waals surface area contributed by atoms with Gasteiger partial charge in [-0.15, -0.1) is 6.58 Å². The third-order valence-electron chi connectivity index (χ3n) is 4.61. The zero-order valence-electron chi connectivity index (χ0n) is 10.4. The molecule has 2 heterocycles. The average Bonchev–Trinajstić information content (AvgIpc) is 2.59. The maximum atomic E-state index is 6.42. The smallest absolute Gasteiger partial charge is 0.100 e. The Morgan fingerprint density at radius 2 is 2.12 bits per heavy atom. The lowest BCUT2D eigenvalue weighted by atomic mass is 9.76. The quantitative estimate of drug-likeness (QED) is 0.697. The van der Waals surface area contributed by atoms with Gasteiger partial charge in [0.15, 0.2) is 0 Å². The Morgan fingerprint density at radius 3 is 2.82 bits per heavy atom. The van der Waals surface area contributed by atoms with E-state index in [2.05, 4.69) is 49.9 Å². The summed E-state index contributed by atoms with van der Waals surface area (Å²) in [6.45, 7) is 6.36. The summed E-state index contributed by atoms with van der Waals surface area (Å²) in [4.78, 5) is 0. The molecule has 1 aromatic rings. The first-order valence-electron chi connectivity index (χ1n) is 6.64. The van der Waals surface area contributed by atoms with Gasteiger partial charge in [-0.2, -0.15) is 0 Å². The Bertz CT molecular complexity index is 411. The molecule has 0 radical (unpaired) electrons. The zero-order chi connectivity index (χ0) is 11.9. The fourth-order valence-corrected chi connectivity index (χ4v) is 3.76. The first kappa shape index (κ1) is 11.0. The highest BCUT2D eigenvalue weighted by atomic mass is 16.5. The van der Waals surface area contributed by atoms with E-state index in [-0.39, 0.29) is 5.60 Å². The predicted octanol–water partition coefficient (Wildman–Crippen LogP) is 3.90. The largest absolute Gasteiger partial charge is 0.366 e. The molecule has 0 saturated carbocycles. The molecule has 1 heteroatoms. The summed E-state index contributed by atoms with van der Waals surface area (Å²) in [6.07, 6.45) is 6.15. The van der Waals surface area contributed by atoms with E-state index < -0.39 is 0 Å². The van der Waals surface area contributed by atoms with Crippen LogP contribution < -0.4 is 0 Å². The molecular formula is C16H20O. The molecule has 2 saturated heterocycles. The fourth-order valence-electron chi connectivity index (χ4n) is 3.76. The van der Waals surface area contributed by atoms with Crippen LogP contribution in [0.5, 0.6) is 0 Å². The lowest BCUT2D eigenvalue weighted by Gasteiger charge is -2.37. The van der Waals surface area contributed by atoms with Crippen LogP contribution in [0.3, 0.4) is 0 Å². The number of fused-ring (bicyclic) bond motifs is 2. The second-order valence-electron chi connectivity index (χ2n) is 5.42. The molecule has 2 bridgehead atoms. The third kappa shape index (κ3) is 1.49. The van der Waals surface area contributed by atoms with Gasteiger partial charge in [0.2, 0.25) is 0 Å². The topological polar surface area (TPSA) is 9.23 Å². The molecule has 1 aromatic carbocycles. The van der Waals surface area contributed by atoms with Gasteiger partial charge >= 0.3 is 0 Å². The van der Waals surface area contributed by atoms with Gasteiger partial charge in [0.1, 0.15) is 5.60 Å². The monoisotopic (exact) mass is 228 g/mol. The molecule has 17 heavy (non-hydrogen) atoms. The Hall–Kier alpha value is -1.08. The van der Waals surface area contributed by atoms with Gasteiger partial charge < -0.3 is 4.74 Å². The molecule has 2 aliphatic heterocycles. The van der Waals surface area contributed by atoms with Crippen LogP contribution in [0.1, 0.15) is 31.7 Å². The van der Waals surface area contributed by atoms with Crippen molar-refractivity contribution in [2.24, 2.45) is 11.8 Å². The van der Waals surface area contributed by atoms with Crippen LogP contribution in [0, 0.1) is 11.8 Å². The van der Waals surface area contributed by atoms with E-state index in [0.717, 1.165) is 6.42 Å². The van der Waals surface area contributed by atoms with Crippen LogP contribution in [-0.2, 0) is 10.3 Å². The minimum Gasteiger partial charge on any atom is -0.366 e. The minimum absolute atomic E-state index is 0.0919. The Morgan fingerprint density at radius 1 is 1.35 bits per heavy atom. The van der Waals surface area contributed by atoms with Crippen molar-refractivity contribution in [3.8, 4) is 0 Å². The minimum atomic E-state index is -0.0919. The van der Waals surface area contributed by atoms with Gasteiger partial charge in [0, 0.05) is 5.92 Å². The van der Waals surface area contributed by atoms with Crippen molar-refractivity contribution >= 4 is 0 Å². The van der Waals surface area contributed by atoms with Gasteiger partial charge in [-0.1, -0.05) is 43.3 Å². The summed E-state index contributed by atoms with van der Waals surface area (Å²) in [5, 5.41) is 0. The van der Waals surface area contributed by atoms with Crippen molar-refractivity contribution in [1.82, 2.24) is 0 Å². The summed E-state index contributed by atoms with van der Waals surface area (Å²) in [7, 11) is 0. The van der Waals surface area contributed by atoms with Crippen molar-refractivity contribution in [2.75, 3.05) is 0 Å². The summed E-state index contributed by atoms with van der Waals surface area (Å²) < 4.78 is 6.42. The van der Waals surface area contributed by atoms with E-state index in [9.17, 15) is 0 Å². The number of hydrogen-bond donors (Lipinski definition) is 0. The maximum Gasteiger partial charge on any atom is 0.100 e. The first-order valence-corrected chi connectivity index (χ1v) is 6.64. The van der Waals surface area contributed by atoms with Gasteiger partial charge in [0.05, 0.1) is 6.10 Å². The molecule has 0 amide bonds. The molecular weight excluding hydrogens is 208 g/mol. The van der Waals surface area contributed by atoms with Crippen LogP contribution in [0.2, 0.25) is 0 Å². The zero-order valence-corrected chi connectivity index (χ0v) is 10.4. The Kier molecular flexibility index (Phi) is 2.59. The lowest BCUT2D eigenvalue weighted by Crippen LogP contribution is -2.34. The van der Waals surface area contributed by atoms with Crippen LogP contribution in [0.25, 0.3) is 0 Å². The molecule has 1 nitrogen and oxygen atoms in total. The summed E-state index contributed by atoms with van der Waals surface area (Å²) in [5.74, 6) is 1.05. The summed E-state index contributed by atoms with van der Waals surface area (Å²) in [6, 6.07) is 10.7. The van der Waals surface area contributed by atoms with E-state index in [1.807, 2.05) is 0 Å². The Labute approximate surface area is 103 Å². The van der Waals surface area contributed by atoms with Gasteiger partial charge in [0.25, 0.3) is 0 Å². The Balaban J connectivity index is 2.08. The molecule has 0 aliphatic carbocycles. The average molecular weight is 228 g/mol. The molecule has 4 atom stereocenters. The summed E-state index contributed by atoms with van der Waals surface area (Å²) in [5.41, 5.74) is 1.24. The van der Waals surface area contributed by atoms with E-state index in [0.29, 0.717) is 17.9 Å². The molecule has 0 spiro atoms. The molecule has 0 aromatic heterocycles. The van der Waals surface area contributed by atoms with Crippen LogP contribution in [0.15, 0.2) is 43.0 Å². The highest BCUT2D eigenvalue weighted by molar-refractivity contribution is 5.28. The lowest BCUT2D eigenvalue weighted by molar-refractivity contribution is -0.0937. The van der Waals surface area contributed by atoms with Gasteiger partial charge in [-0.3, -0.25) is 0 Å². The number of hydrogen-bond acceptors (Lipinski definition) is 1. The molecule has 0 N–H and O–H groups in total. The van der Waals surface area contributed by atoms with Crippen molar-refractivity contribution in [3.63, 3.8) is 0 Å². The second kappa shape index (κ2) is 3.99. The van der Waals surface area contributed by atoms with Crippen molar-refractivity contribution in [2.45, 2.75) is 37.9 Å². The van der Waals surface area contributed by atoms with Gasteiger partial charge in [-0.25, -0.2) is 0 Å². The number of rotatable bonds is 2. The SMILES string of the molecule is C=C[C@@H]1[C@@H](C)[C@H]2CCC[C@]1(c1ccccc1)O2. The van der Waals surface area contributed by atoms with Crippen LogP contribution >= 0.6 is 0 Å². The van der Waals surface area contributed by atoms with E-state index in [1.165, 1.54) is 18.4 Å². The highest BCUT2D eigenvalue weighted by Gasteiger charge is 2.54. The van der Waals surface area contributed by atoms with Gasteiger partial charge in [-0.05, 0) is 30.7 Å². The molecule has 90 valence electrons. The molecule has 2 fully saturated rings. The maximum absolute atomic E-state index is 6.42. The second-order valence-corrected chi connectivity index (χ2v) is 5.42. The number of ether oxygens (including phenoxy) is 1. The van der Waals surface area contributed by atoms with Crippen molar-refractivity contribution < 1.29 is 4.74 Å². The van der Waals surface area contributed by atoms with E-state index >= 15 is 0 Å². The standard InChI is InChI=1S/C16H20O/c1-3-14-12(2)15-10-7-11-16(14,17-15)13-8-5-4-6-9-13/h3-6,8-9,12,14-15H,1,7,10-11H2,2H3/t12-,14-,15-,16-/m1/s1. The normalized spacial score (nSPS) is 40.2. The third-order valence-corrected chi connectivity index (χ3v) is 4.61. The highest BCUT2D eigenvalue weighted by Crippen LogP contribution is 2.54. The fraction of sp³-hybridized carbons (Fsp3) is 0.500. The number of benzene rings is 1. The van der Waals surface area contributed by atoms with Crippen molar-refractivity contribution in [3.05, 3.63) is 48.6 Å². The summed E-state index contributed by atoms with van der Waals surface area (Å²) >= 11 is 0. The first-order chi connectivity index (χ1) is 8.28. The molecule has 2 aliphatic rings. The molecule has 3 rings (SSSR count).